The highest BCUT2D eigenvalue weighted by Crippen LogP contribution is 2.18. The minimum Gasteiger partial charge on any atom is -0.369 e. The van der Waals surface area contributed by atoms with Crippen LogP contribution in [-0.2, 0) is 4.79 Å². The van der Waals surface area contributed by atoms with Crippen molar-refractivity contribution in [1.29, 1.82) is 0 Å². The summed E-state index contributed by atoms with van der Waals surface area (Å²) in [5, 5.41) is 12.3. The van der Waals surface area contributed by atoms with Crippen LogP contribution in [0.4, 0.5) is 21.8 Å². The molecule has 32 heavy (non-hydrogen) atoms. The van der Waals surface area contributed by atoms with Crippen molar-refractivity contribution in [3.8, 4) is 11.8 Å². The molecule has 4 N–H and O–H groups in total. The first kappa shape index (κ1) is 25.1. The highest BCUT2D eigenvalue weighted by Gasteiger charge is 2.13. The van der Waals surface area contributed by atoms with Gasteiger partial charge in [0.2, 0.25) is 11.9 Å². The number of halogens is 1. The van der Waals surface area contributed by atoms with Gasteiger partial charge in [-0.15, -0.1) is 0 Å². The van der Waals surface area contributed by atoms with Crippen molar-refractivity contribution in [1.82, 2.24) is 20.6 Å². The Morgan fingerprint density at radius 1 is 1.22 bits per heavy atom. The quantitative estimate of drug-likeness (QED) is 0.296. The van der Waals surface area contributed by atoms with Crippen molar-refractivity contribution < 1.29 is 9.18 Å². The van der Waals surface area contributed by atoms with E-state index >= 15 is 0 Å². The fourth-order valence-corrected chi connectivity index (χ4v) is 2.97. The standard InChI is InChI=1S/C24H33FN6O/c1-4-10-21(26-3)23(32)28-15-8-6-7-11-18-17-29-24(31-22(18)27-14-5-2)30-20-13-9-12-19(25)16-20/h9,12-13,16-17,21,26H,4-6,8,10,14-15H2,1-3H3,(H,28,32)(H2,27,29,30,31)/t21-/m0/s1. The number of likely N-dealkylation sites (N-methyl/N-ethyl adjacent to an activating group) is 1. The van der Waals surface area contributed by atoms with Crippen LogP contribution in [0.5, 0.6) is 0 Å². The van der Waals surface area contributed by atoms with E-state index in [0.29, 0.717) is 36.0 Å². The third-order valence-electron chi connectivity index (χ3n) is 4.66. The number of hydrogen-bond acceptors (Lipinski definition) is 6. The Morgan fingerprint density at radius 3 is 2.78 bits per heavy atom. The van der Waals surface area contributed by atoms with Crippen molar-refractivity contribution in [2.75, 3.05) is 30.8 Å². The normalized spacial score (nSPS) is 11.2. The summed E-state index contributed by atoms with van der Waals surface area (Å²) in [6.45, 7) is 5.47. The number of aromatic nitrogens is 2. The number of amides is 1. The Bertz CT molecular complexity index is 924. The van der Waals surface area contributed by atoms with E-state index in [1.54, 1.807) is 25.4 Å². The second-order valence-corrected chi connectivity index (χ2v) is 7.34. The molecular formula is C24H33FN6O. The topological polar surface area (TPSA) is 91.0 Å². The van der Waals surface area contributed by atoms with Gasteiger partial charge in [-0.1, -0.05) is 38.2 Å². The van der Waals surface area contributed by atoms with Gasteiger partial charge in [0.05, 0.1) is 17.8 Å². The molecule has 172 valence electrons. The van der Waals surface area contributed by atoms with Crippen molar-refractivity contribution in [3.05, 3.63) is 41.8 Å². The Morgan fingerprint density at radius 2 is 2.06 bits per heavy atom. The van der Waals surface area contributed by atoms with Crippen molar-refractivity contribution >= 4 is 23.4 Å². The van der Waals surface area contributed by atoms with E-state index in [1.165, 1.54) is 12.1 Å². The van der Waals surface area contributed by atoms with E-state index in [0.717, 1.165) is 32.2 Å². The zero-order chi connectivity index (χ0) is 23.2. The van der Waals surface area contributed by atoms with Crippen LogP contribution < -0.4 is 21.3 Å². The maximum absolute atomic E-state index is 13.4. The third-order valence-corrected chi connectivity index (χ3v) is 4.66. The van der Waals surface area contributed by atoms with Crippen molar-refractivity contribution in [2.24, 2.45) is 0 Å². The minimum absolute atomic E-state index is 0.0307. The number of carbonyl (C=O) groups is 1. The van der Waals surface area contributed by atoms with Gasteiger partial charge >= 0.3 is 0 Å². The highest BCUT2D eigenvalue weighted by atomic mass is 19.1. The molecule has 7 nitrogen and oxygen atoms in total. The van der Waals surface area contributed by atoms with Gasteiger partial charge in [-0.2, -0.15) is 4.98 Å². The molecule has 0 aliphatic heterocycles. The third kappa shape index (κ3) is 8.52. The number of rotatable bonds is 12. The van der Waals surface area contributed by atoms with Gasteiger partial charge in [-0.05, 0) is 44.5 Å². The molecule has 0 aliphatic rings. The molecule has 0 saturated heterocycles. The molecular weight excluding hydrogens is 407 g/mol. The van der Waals surface area contributed by atoms with Crippen LogP contribution in [-0.4, -0.2) is 42.1 Å². The number of unbranched alkanes of at least 4 members (excludes halogenated alkanes) is 1. The summed E-state index contributed by atoms with van der Waals surface area (Å²) >= 11 is 0. The van der Waals surface area contributed by atoms with Crippen LogP contribution in [0.15, 0.2) is 30.5 Å². The Balaban J connectivity index is 1.94. The fraction of sp³-hybridized carbons (Fsp3) is 0.458. The number of benzene rings is 1. The monoisotopic (exact) mass is 440 g/mol. The number of carbonyl (C=O) groups excluding carboxylic acids is 1. The molecule has 0 aliphatic carbocycles. The van der Waals surface area contributed by atoms with Crippen molar-refractivity contribution in [3.63, 3.8) is 0 Å². The number of anilines is 3. The first-order chi connectivity index (χ1) is 15.6. The summed E-state index contributed by atoms with van der Waals surface area (Å²) in [7, 11) is 1.80. The zero-order valence-electron chi connectivity index (χ0n) is 19.1. The average molecular weight is 441 g/mol. The van der Waals surface area contributed by atoms with Crippen LogP contribution in [0.3, 0.4) is 0 Å². The molecule has 2 aromatic rings. The van der Waals surface area contributed by atoms with E-state index in [2.05, 4.69) is 56.9 Å². The number of nitrogens with one attached hydrogen (secondary N) is 4. The lowest BCUT2D eigenvalue weighted by atomic mass is 10.1. The molecule has 0 unspecified atom stereocenters. The first-order valence-electron chi connectivity index (χ1n) is 11.1. The molecule has 0 spiro atoms. The Labute approximate surface area is 190 Å². The van der Waals surface area contributed by atoms with Gasteiger partial charge in [0.15, 0.2) is 0 Å². The molecule has 1 heterocycles. The average Bonchev–Trinajstić information content (AvgIpc) is 2.79. The van der Waals surface area contributed by atoms with E-state index in [-0.39, 0.29) is 17.8 Å². The van der Waals surface area contributed by atoms with Gasteiger partial charge in [0.25, 0.3) is 0 Å². The fourth-order valence-electron chi connectivity index (χ4n) is 2.97. The Hall–Kier alpha value is -3.18. The lowest BCUT2D eigenvalue weighted by Gasteiger charge is -2.14. The predicted octanol–water partition coefficient (Wildman–Crippen LogP) is 3.82. The predicted molar refractivity (Wildman–Crippen MR) is 127 cm³/mol. The van der Waals surface area contributed by atoms with E-state index in [1.807, 2.05) is 0 Å². The Kier molecular flexibility index (Phi) is 11.0. The molecule has 0 fully saturated rings. The second-order valence-electron chi connectivity index (χ2n) is 7.34. The molecule has 1 aromatic carbocycles. The summed E-state index contributed by atoms with van der Waals surface area (Å²) in [6, 6.07) is 6.00. The molecule has 1 aromatic heterocycles. The highest BCUT2D eigenvalue weighted by molar-refractivity contribution is 5.81. The van der Waals surface area contributed by atoms with Crippen LogP contribution in [0.2, 0.25) is 0 Å². The number of hydrogen-bond donors (Lipinski definition) is 4. The minimum atomic E-state index is -0.329. The summed E-state index contributed by atoms with van der Waals surface area (Å²) in [4.78, 5) is 20.9. The first-order valence-corrected chi connectivity index (χ1v) is 11.1. The van der Waals surface area contributed by atoms with Crippen LogP contribution in [0.25, 0.3) is 0 Å². The smallest absolute Gasteiger partial charge is 0.237 e. The second kappa shape index (κ2) is 14.0. The summed E-state index contributed by atoms with van der Waals surface area (Å²) in [6.07, 6.45) is 5.78. The SMILES string of the molecule is CCCNc1nc(Nc2cccc(F)c2)ncc1C#CCCCNC(=O)[C@H](CCC)NC. The van der Waals surface area contributed by atoms with Crippen LogP contribution in [0, 0.1) is 17.7 Å². The van der Waals surface area contributed by atoms with E-state index < -0.39 is 0 Å². The summed E-state index contributed by atoms with van der Waals surface area (Å²) in [5.74, 6) is 6.95. The van der Waals surface area contributed by atoms with Crippen LogP contribution in [0.1, 0.15) is 51.5 Å². The molecule has 1 atom stereocenters. The lowest BCUT2D eigenvalue weighted by Crippen LogP contribution is -2.42. The zero-order valence-corrected chi connectivity index (χ0v) is 19.1. The van der Waals surface area contributed by atoms with Crippen LogP contribution >= 0.6 is 0 Å². The van der Waals surface area contributed by atoms with Gasteiger partial charge in [-0.25, -0.2) is 9.37 Å². The van der Waals surface area contributed by atoms with Crippen molar-refractivity contribution in [2.45, 2.75) is 52.0 Å². The molecule has 1 amide bonds. The van der Waals surface area contributed by atoms with Gasteiger partial charge in [0, 0.05) is 25.2 Å². The van der Waals surface area contributed by atoms with Gasteiger partial charge < -0.3 is 21.3 Å². The molecule has 0 saturated carbocycles. The number of nitrogens with zero attached hydrogens (tertiary/aromatic N) is 2. The lowest BCUT2D eigenvalue weighted by molar-refractivity contribution is -0.123. The molecule has 0 radical (unpaired) electrons. The van der Waals surface area contributed by atoms with E-state index in [9.17, 15) is 9.18 Å². The van der Waals surface area contributed by atoms with Gasteiger partial charge in [-0.3, -0.25) is 4.79 Å². The van der Waals surface area contributed by atoms with E-state index in [4.69, 9.17) is 0 Å². The maximum atomic E-state index is 13.4. The summed E-state index contributed by atoms with van der Waals surface area (Å²) < 4.78 is 13.4. The molecule has 2 rings (SSSR count). The van der Waals surface area contributed by atoms with Gasteiger partial charge in [0.1, 0.15) is 11.6 Å². The maximum Gasteiger partial charge on any atom is 0.237 e. The molecule has 0 bridgehead atoms. The summed E-state index contributed by atoms with van der Waals surface area (Å²) in [5.41, 5.74) is 1.28. The molecule has 8 heteroatoms. The largest absolute Gasteiger partial charge is 0.369 e.